The zero-order valence-electron chi connectivity index (χ0n) is 9.62. The van der Waals surface area contributed by atoms with Crippen molar-refractivity contribution >= 4 is 21.8 Å². The summed E-state index contributed by atoms with van der Waals surface area (Å²) in [5.41, 5.74) is 0.151. The van der Waals surface area contributed by atoms with Gasteiger partial charge in [0.15, 0.2) is 0 Å². The number of nitrogens with zero attached hydrogens (tertiary/aromatic N) is 2. The van der Waals surface area contributed by atoms with Crippen LogP contribution in [0.3, 0.4) is 0 Å². The third kappa shape index (κ3) is 2.84. The molecule has 1 saturated heterocycles. The summed E-state index contributed by atoms with van der Waals surface area (Å²) in [6.07, 6.45) is 0. The molecule has 1 fully saturated rings. The normalized spacial score (nSPS) is 17.2. The molecule has 0 N–H and O–H groups in total. The molecule has 0 unspecified atom stereocenters. The van der Waals surface area contributed by atoms with Crippen LogP contribution in [0.15, 0.2) is 22.7 Å². The molecule has 0 saturated carbocycles. The van der Waals surface area contributed by atoms with Crippen molar-refractivity contribution in [3.05, 3.63) is 34.1 Å². The van der Waals surface area contributed by atoms with Gasteiger partial charge in [-0.05, 0) is 25.2 Å². The van der Waals surface area contributed by atoms with Crippen molar-refractivity contribution in [1.29, 1.82) is 0 Å². The largest absolute Gasteiger partial charge is 0.336 e. The monoisotopic (exact) mass is 300 g/mol. The lowest BCUT2D eigenvalue weighted by molar-refractivity contribution is 0.0659. The first-order chi connectivity index (χ1) is 8.08. The summed E-state index contributed by atoms with van der Waals surface area (Å²) < 4.78 is 14.3. The summed E-state index contributed by atoms with van der Waals surface area (Å²) in [5, 5.41) is 0. The molecule has 92 valence electrons. The number of hydrogen-bond acceptors (Lipinski definition) is 2. The zero-order valence-corrected chi connectivity index (χ0v) is 11.2. The number of piperazine rings is 1. The minimum atomic E-state index is -0.469. The van der Waals surface area contributed by atoms with Gasteiger partial charge in [0.2, 0.25) is 0 Å². The highest BCUT2D eigenvalue weighted by atomic mass is 79.9. The number of amides is 1. The fourth-order valence-corrected chi connectivity index (χ4v) is 2.18. The van der Waals surface area contributed by atoms with E-state index >= 15 is 0 Å². The Morgan fingerprint density at radius 2 is 1.94 bits per heavy atom. The second-order valence-corrected chi connectivity index (χ2v) is 5.14. The highest BCUT2D eigenvalue weighted by Crippen LogP contribution is 2.17. The molecule has 0 aromatic heterocycles. The molecule has 2 rings (SSSR count). The molecule has 1 aromatic carbocycles. The van der Waals surface area contributed by atoms with E-state index in [1.807, 2.05) is 7.05 Å². The second-order valence-electron chi connectivity index (χ2n) is 4.22. The standard InChI is InChI=1S/C12H14BrFN2O/c1-15-4-6-16(7-5-15)12(17)10-3-2-9(13)8-11(10)14/h2-3,8H,4-7H2,1H3. The van der Waals surface area contributed by atoms with Crippen LogP contribution in [0.1, 0.15) is 10.4 Å². The van der Waals surface area contributed by atoms with E-state index in [1.54, 1.807) is 11.0 Å². The topological polar surface area (TPSA) is 23.6 Å². The number of benzene rings is 1. The van der Waals surface area contributed by atoms with Gasteiger partial charge >= 0.3 is 0 Å². The van der Waals surface area contributed by atoms with Crippen LogP contribution in [0, 0.1) is 5.82 Å². The number of halogens is 2. The Bertz CT molecular complexity index is 431. The van der Waals surface area contributed by atoms with Crippen LogP contribution in [0.2, 0.25) is 0 Å². The van der Waals surface area contributed by atoms with Crippen molar-refractivity contribution in [2.24, 2.45) is 0 Å². The molecule has 17 heavy (non-hydrogen) atoms. The molecule has 1 aliphatic heterocycles. The van der Waals surface area contributed by atoms with Crippen LogP contribution < -0.4 is 0 Å². The van der Waals surface area contributed by atoms with Crippen LogP contribution >= 0.6 is 15.9 Å². The Hall–Kier alpha value is -0.940. The SMILES string of the molecule is CN1CCN(C(=O)c2ccc(Br)cc2F)CC1. The van der Waals surface area contributed by atoms with E-state index < -0.39 is 5.82 Å². The lowest BCUT2D eigenvalue weighted by Crippen LogP contribution is -2.47. The number of carbonyl (C=O) groups is 1. The molecule has 5 heteroatoms. The Morgan fingerprint density at radius 1 is 1.29 bits per heavy atom. The molecule has 0 radical (unpaired) electrons. The Balaban J connectivity index is 2.14. The molecule has 0 spiro atoms. The zero-order chi connectivity index (χ0) is 12.4. The maximum Gasteiger partial charge on any atom is 0.256 e. The Labute approximate surface area is 108 Å². The minimum absolute atomic E-state index is 0.151. The van der Waals surface area contributed by atoms with Gasteiger partial charge in [-0.1, -0.05) is 15.9 Å². The molecular formula is C12H14BrFN2O. The van der Waals surface area contributed by atoms with Crippen molar-refractivity contribution in [3.63, 3.8) is 0 Å². The third-order valence-corrected chi connectivity index (χ3v) is 3.45. The van der Waals surface area contributed by atoms with Gasteiger partial charge in [-0.25, -0.2) is 4.39 Å². The van der Waals surface area contributed by atoms with Crippen LogP contribution in [-0.2, 0) is 0 Å². The van der Waals surface area contributed by atoms with Crippen LogP contribution in [-0.4, -0.2) is 48.9 Å². The van der Waals surface area contributed by atoms with E-state index in [-0.39, 0.29) is 11.5 Å². The lowest BCUT2D eigenvalue weighted by atomic mass is 10.1. The molecule has 0 bridgehead atoms. The van der Waals surface area contributed by atoms with Gasteiger partial charge in [-0.2, -0.15) is 0 Å². The number of likely N-dealkylation sites (N-methyl/N-ethyl adjacent to an activating group) is 1. The fraction of sp³-hybridized carbons (Fsp3) is 0.417. The van der Waals surface area contributed by atoms with Crippen molar-refractivity contribution < 1.29 is 9.18 Å². The van der Waals surface area contributed by atoms with Crippen molar-refractivity contribution in [3.8, 4) is 0 Å². The second kappa shape index (κ2) is 5.14. The first-order valence-corrected chi connectivity index (χ1v) is 6.30. The van der Waals surface area contributed by atoms with E-state index in [0.29, 0.717) is 17.6 Å². The average Bonchev–Trinajstić information content (AvgIpc) is 2.29. The van der Waals surface area contributed by atoms with Gasteiger partial charge in [0.1, 0.15) is 5.82 Å². The van der Waals surface area contributed by atoms with Gasteiger partial charge in [0, 0.05) is 30.7 Å². The molecule has 1 aliphatic rings. The van der Waals surface area contributed by atoms with Crippen LogP contribution in [0.5, 0.6) is 0 Å². The van der Waals surface area contributed by atoms with Crippen molar-refractivity contribution in [2.45, 2.75) is 0 Å². The molecule has 1 amide bonds. The number of carbonyl (C=O) groups excluding carboxylic acids is 1. The summed E-state index contributed by atoms with van der Waals surface area (Å²) in [5.74, 6) is -0.689. The van der Waals surface area contributed by atoms with Crippen LogP contribution in [0.25, 0.3) is 0 Å². The van der Waals surface area contributed by atoms with Crippen molar-refractivity contribution in [2.75, 3.05) is 33.2 Å². The van der Waals surface area contributed by atoms with Crippen molar-refractivity contribution in [1.82, 2.24) is 9.80 Å². The molecule has 3 nitrogen and oxygen atoms in total. The Kier molecular flexibility index (Phi) is 3.79. The number of hydrogen-bond donors (Lipinski definition) is 0. The summed E-state index contributed by atoms with van der Waals surface area (Å²) >= 11 is 3.18. The van der Waals surface area contributed by atoms with Gasteiger partial charge in [-0.15, -0.1) is 0 Å². The van der Waals surface area contributed by atoms with E-state index in [4.69, 9.17) is 0 Å². The molecule has 0 atom stereocenters. The van der Waals surface area contributed by atoms with E-state index in [1.165, 1.54) is 12.1 Å². The summed E-state index contributed by atoms with van der Waals surface area (Å²) in [4.78, 5) is 15.9. The smallest absolute Gasteiger partial charge is 0.256 e. The quantitative estimate of drug-likeness (QED) is 0.792. The van der Waals surface area contributed by atoms with Gasteiger partial charge < -0.3 is 9.80 Å². The summed E-state index contributed by atoms with van der Waals surface area (Å²) in [6.45, 7) is 2.99. The van der Waals surface area contributed by atoms with Gasteiger partial charge in [0.25, 0.3) is 5.91 Å². The highest BCUT2D eigenvalue weighted by Gasteiger charge is 2.22. The molecule has 1 heterocycles. The Morgan fingerprint density at radius 3 is 2.53 bits per heavy atom. The van der Waals surface area contributed by atoms with Gasteiger partial charge in [-0.3, -0.25) is 4.79 Å². The van der Waals surface area contributed by atoms with Gasteiger partial charge in [0.05, 0.1) is 5.56 Å². The van der Waals surface area contributed by atoms with Crippen LogP contribution in [0.4, 0.5) is 4.39 Å². The van der Waals surface area contributed by atoms with E-state index in [9.17, 15) is 9.18 Å². The lowest BCUT2D eigenvalue weighted by Gasteiger charge is -2.32. The number of rotatable bonds is 1. The molecule has 1 aromatic rings. The summed E-state index contributed by atoms with van der Waals surface area (Å²) in [6, 6.07) is 4.54. The van der Waals surface area contributed by atoms with E-state index in [2.05, 4.69) is 20.8 Å². The molecule has 0 aliphatic carbocycles. The fourth-order valence-electron chi connectivity index (χ4n) is 1.84. The summed E-state index contributed by atoms with van der Waals surface area (Å²) in [7, 11) is 2.02. The minimum Gasteiger partial charge on any atom is -0.336 e. The predicted molar refractivity (Wildman–Crippen MR) is 67.5 cm³/mol. The molecular weight excluding hydrogens is 287 g/mol. The maximum absolute atomic E-state index is 13.6. The predicted octanol–water partition coefficient (Wildman–Crippen LogP) is 1.98. The first-order valence-electron chi connectivity index (χ1n) is 5.51. The first kappa shape index (κ1) is 12.5. The average molecular weight is 301 g/mol. The highest BCUT2D eigenvalue weighted by molar-refractivity contribution is 9.10. The maximum atomic E-state index is 13.6. The third-order valence-electron chi connectivity index (χ3n) is 2.95. The van der Waals surface area contributed by atoms with E-state index in [0.717, 1.165) is 13.1 Å².